The van der Waals surface area contributed by atoms with Crippen molar-refractivity contribution in [3.8, 4) is 23.0 Å². The average molecular weight is 406 g/mol. The molecule has 0 aliphatic rings. The van der Waals surface area contributed by atoms with Crippen LogP contribution in [0.15, 0.2) is 66.7 Å². The number of nitrogens with one attached hydrogen (secondary N) is 1. The molecule has 158 valence electrons. The van der Waals surface area contributed by atoms with Gasteiger partial charge < -0.3 is 19.9 Å². The highest BCUT2D eigenvalue weighted by Crippen LogP contribution is 2.37. The number of para-hydroxylation sites is 1. The predicted molar refractivity (Wildman–Crippen MR) is 122 cm³/mol. The van der Waals surface area contributed by atoms with Crippen molar-refractivity contribution in [2.45, 2.75) is 46.3 Å². The van der Waals surface area contributed by atoms with Crippen LogP contribution < -0.4 is 14.8 Å². The molecular formula is C26H31NO3. The fraction of sp³-hybridized carbons (Fsp3) is 0.308. The lowest BCUT2D eigenvalue weighted by Crippen LogP contribution is -2.38. The Morgan fingerprint density at radius 3 is 2.20 bits per heavy atom. The molecule has 0 aromatic heterocycles. The van der Waals surface area contributed by atoms with Crippen molar-refractivity contribution >= 4 is 0 Å². The molecule has 0 radical (unpaired) electrons. The number of β-amino-alcohol motifs (C(OH)–C–C–N with tert-alkyl or cyclic N) is 1. The molecule has 2 N–H and O–H groups in total. The number of ether oxygens (including phenoxy) is 2. The Balaban J connectivity index is 1.90. The Morgan fingerprint density at radius 1 is 0.833 bits per heavy atom. The molecule has 1 atom stereocenters. The number of aliphatic hydroxyl groups excluding tert-OH is 1. The molecule has 30 heavy (non-hydrogen) atoms. The number of aliphatic hydroxyl groups is 1. The van der Waals surface area contributed by atoms with Gasteiger partial charge in [-0.2, -0.15) is 0 Å². The van der Waals surface area contributed by atoms with Gasteiger partial charge in [-0.15, -0.1) is 0 Å². The van der Waals surface area contributed by atoms with Crippen LogP contribution in [0.5, 0.6) is 23.0 Å². The zero-order valence-electron chi connectivity index (χ0n) is 18.4. The van der Waals surface area contributed by atoms with Crippen LogP contribution >= 0.6 is 0 Å². The van der Waals surface area contributed by atoms with Crippen molar-refractivity contribution in [2.75, 3.05) is 6.54 Å². The summed E-state index contributed by atoms with van der Waals surface area (Å²) in [5.74, 6) is 2.66. The van der Waals surface area contributed by atoms with E-state index < -0.39 is 6.10 Å². The lowest BCUT2D eigenvalue weighted by molar-refractivity contribution is 0.163. The summed E-state index contributed by atoms with van der Waals surface area (Å²) in [5, 5.41) is 14.0. The molecule has 4 nitrogen and oxygen atoms in total. The molecule has 0 spiro atoms. The van der Waals surface area contributed by atoms with Gasteiger partial charge in [-0.25, -0.2) is 0 Å². The summed E-state index contributed by atoms with van der Waals surface area (Å²) in [4.78, 5) is 0. The second kappa shape index (κ2) is 9.33. The van der Waals surface area contributed by atoms with Crippen molar-refractivity contribution in [3.05, 3.63) is 83.4 Å². The maximum Gasteiger partial charge on any atom is 0.170 e. The summed E-state index contributed by atoms with van der Waals surface area (Å²) in [6.07, 6.45) is -0.656. The van der Waals surface area contributed by atoms with Crippen LogP contribution in [-0.2, 0) is 0 Å². The summed E-state index contributed by atoms with van der Waals surface area (Å²) in [6.45, 7) is 10.7. The fourth-order valence-electron chi connectivity index (χ4n) is 2.94. The van der Waals surface area contributed by atoms with Crippen molar-refractivity contribution in [2.24, 2.45) is 0 Å². The van der Waals surface area contributed by atoms with Crippen molar-refractivity contribution in [1.82, 2.24) is 5.32 Å². The average Bonchev–Trinajstić information content (AvgIpc) is 2.70. The number of aryl methyl sites for hydroxylation is 2. The largest absolute Gasteiger partial charge is 0.453 e. The van der Waals surface area contributed by atoms with E-state index in [2.05, 4.69) is 26.1 Å². The van der Waals surface area contributed by atoms with Crippen LogP contribution in [-0.4, -0.2) is 17.2 Å². The first-order valence-corrected chi connectivity index (χ1v) is 10.3. The van der Waals surface area contributed by atoms with E-state index >= 15 is 0 Å². The monoisotopic (exact) mass is 405 g/mol. The molecule has 0 aliphatic heterocycles. The Bertz CT molecular complexity index is 974. The van der Waals surface area contributed by atoms with Gasteiger partial charge in [0.25, 0.3) is 0 Å². The van der Waals surface area contributed by atoms with Crippen LogP contribution in [0.1, 0.15) is 43.6 Å². The second-order valence-corrected chi connectivity index (χ2v) is 8.64. The fourth-order valence-corrected chi connectivity index (χ4v) is 2.94. The third-order valence-electron chi connectivity index (χ3n) is 4.74. The lowest BCUT2D eigenvalue weighted by atomic mass is 10.1. The van der Waals surface area contributed by atoms with E-state index in [9.17, 15) is 5.11 Å². The highest BCUT2D eigenvalue weighted by Gasteiger charge is 2.17. The molecule has 4 heteroatoms. The Hall–Kier alpha value is -2.82. The first kappa shape index (κ1) is 21.9. The van der Waals surface area contributed by atoms with Crippen LogP contribution in [0, 0.1) is 13.8 Å². The molecule has 0 bridgehead atoms. The van der Waals surface area contributed by atoms with Gasteiger partial charge in [0, 0.05) is 12.1 Å². The highest BCUT2D eigenvalue weighted by molar-refractivity contribution is 5.49. The minimum atomic E-state index is -0.656. The van der Waals surface area contributed by atoms with Gasteiger partial charge in [-0.05, 0) is 76.1 Å². The smallest absolute Gasteiger partial charge is 0.170 e. The first-order chi connectivity index (χ1) is 14.2. The molecule has 0 aliphatic carbocycles. The minimum Gasteiger partial charge on any atom is -0.453 e. The van der Waals surface area contributed by atoms with E-state index in [1.165, 1.54) is 5.56 Å². The zero-order valence-corrected chi connectivity index (χ0v) is 18.4. The van der Waals surface area contributed by atoms with E-state index in [1.807, 2.05) is 80.6 Å². The molecule has 0 fully saturated rings. The van der Waals surface area contributed by atoms with Gasteiger partial charge in [0.1, 0.15) is 11.5 Å². The quantitative estimate of drug-likeness (QED) is 0.484. The third kappa shape index (κ3) is 6.09. The standard InChI is InChI=1S/C26H31NO3/c1-18-10-13-21(14-11-18)29-24-15-12-20(22(28)17-27-26(3,4)5)16-25(24)30-23-9-7-6-8-19(23)2/h6-16,22,27-28H,17H2,1-5H3. The summed E-state index contributed by atoms with van der Waals surface area (Å²) in [6, 6.07) is 21.3. The van der Waals surface area contributed by atoms with Gasteiger partial charge in [-0.3, -0.25) is 0 Å². The maximum atomic E-state index is 10.7. The zero-order chi connectivity index (χ0) is 21.7. The second-order valence-electron chi connectivity index (χ2n) is 8.64. The molecule has 3 aromatic rings. The summed E-state index contributed by atoms with van der Waals surface area (Å²) < 4.78 is 12.3. The van der Waals surface area contributed by atoms with Crippen molar-refractivity contribution in [3.63, 3.8) is 0 Å². The summed E-state index contributed by atoms with van der Waals surface area (Å²) in [7, 11) is 0. The maximum absolute atomic E-state index is 10.7. The van der Waals surface area contributed by atoms with Gasteiger partial charge in [0.2, 0.25) is 0 Å². The number of benzene rings is 3. The normalized spacial score (nSPS) is 12.5. The number of hydrogen-bond donors (Lipinski definition) is 2. The number of hydrogen-bond acceptors (Lipinski definition) is 4. The minimum absolute atomic E-state index is 0.0735. The van der Waals surface area contributed by atoms with Gasteiger partial charge in [0.05, 0.1) is 6.10 Å². The van der Waals surface area contributed by atoms with E-state index in [0.717, 1.165) is 22.6 Å². The predicted octanol–water partition coefficient (Wildman–Crippen LogP) is 6.31. The van der Waals surface area contributed by atoms with Crippen LogP contribution in [0.25, 0.3) is 0 Å². The lowest BCUT2D eigenvalue weighted by Gasteiger charge is -2.23. The van der Waals surface area contributed by atoms with Crippen LogP contribution in [0.3, 0.4) is 0 Å². The molecule has 3 rings (SSSR count). The van der Waals surface area contributed by atoms with Crippen molar-refractivity contribution in [1.29, 1.82) is 0 Å². The van der Waals surface area contributed by atoms with Crippen molar-refractivity contribution < 1.29 is 14.6 Å². The topological polar surface area (TPSA) is 50.7 Å². The summed E-state index contributed by atoms with van der Waals surface area (Å²) >= 11 is 0. The molecule has 0 saturated carbocycles. The molecular weight excluding hydrogens is 374 g/mol. The van der Waals surface area contributed by atoms with Gasteiger partial charge in [0.15, 0.2) is 11.5 Å². The summed E-state index contributed by atoms with van der Waals surface area (Å²) in [5.41, 5.74) is 2.89. The molecule has 0 amide bonds. The van der Waals surface area contributed by atoms with E-state index in [-0.39, 0.29) is 5.54 Å². The van der Waals surface area contributed by atoms with E-state index in [1.54, 1.807) is 0 Å². The molecule has 0 saturated heterocycles. The molecule has 1 unspecified atom stereocenters. The Kier molecular flexibility index (Phi) is 6.80. The first-order valence-electron chi connectivity index (χ1n) is 10.3. The molecule has 3 aromatic carbocycles. The van der Waals surface area contributed by atoms with Gasteiger partial charge >= 0.3 is 0 Å². The Labute approximate surface area is 179 Å². The number of rotatable bonds is 7. The molecule has 0 heterocycles. The third-order valence-corrected chi connectivity index (χ3v) is 4.74. The Morgan fingerprint density at radius 2 is 1.53 bits per heavy atom. The van der Waals surface area contributed by atoms with Crippen LogP contribution in [0.4, 0.5) is 0 Å². The van der Waals surface area contributed by atoms with Gasteiger partial charge in [-0.1, -0.05) is 42.0 Å². The van der Waals surface area contributed by atoms with E-state index in [0.29, 0.717) is 18.0 Å². The van der Waals surface area contributed by atoms with E-state index in [4.69, 9.17) is 9.47 Å². The highest BCUT2D eigenvalue weighted by atomic mass is 16.5. The SMILES string of the molecule is Cc1ccc(Oc2ccc(C(O)CNC(C)(C)C)cc2Oc2ccccc2C)cc1. The van der Waals surface area contributed by atoms with Crippen LogP contribution in [0.2, 0.25) is 0 Å².